The van der Waals surface area contributed by atoms with Gasteiger partial charge in [0.2, 0.25) is 11.1 Å². The Balaban J connectivity index is 1.67. The zero-order valence-corrected chi connectivity index (χ0v) is 16.3. The second-order valence-corrected chi connectivity index (χ2v) is 7.96. The second kappa shape index (κ2) is 8.53. The fourth-order valence-electron chi connectivity index (χ4n) is 3.18. The molecule has 1 N–H and O–H groups in total. The van der Waals surface area contributed by atoms with E-state index in [9.17, 15) is 4.79 Å². The molecule has 1 aromatic carbocycles. The zero-order valence-electron chi connectivity index (χ0n) is 15.4. The van der Waals surface area contributed by atoms with E-state index in [1.807, 2.05) is 36.7 Å². The van der Waals surface area contributed by atoms with E-state index in [0.29, 0.717) is 22.6 Å². The Hall–Kier alpha value is -2.09. The van der Waals surface area contributed by atoms with Gasteiger partial charge < -0.3 is 10.1 Å². The van der Waals surface area contributed by atoms with Crippen molar-refractivity contribution in [3.63, 3.8) is 0 Å². The molecule has 0 saturated heterocycles. The summed E-state index contributed by atoms with van der Waals surface area (Å²) in [5.74, 6) is 0.547. The number of hydrogen-bond acceptors (Lipinski definition) is 6. The lowest BCUT2D eigenvalue weighted by atomic mass is 9.96. The van der Waals surface area contributed by atoms with Crippen molar-refractivity contribution in [1.29, 1.82) is 0 Å². The van der Waals surface area contributed by atoms with Crippen LogP contribution in [0.15, 0.2) is 23.4 Å². The number of ether oxygens (including phenoxy) is 1. The molecule has 0 radical (unpaired) electrons. The number of nitrogens with zero attached hydrogens (tertiary/aromatic N) is 4. The van der Waals surface area contributed by atoms with Crippen LogP contribution >= 0.6 is 11.8 Å². The molecule has 1 amide bonds. The Kier molecular flexibility index (Phi) is 6.13. The van der Waals surface area contributed by atoms with Crippen LogP contribution in [0.4, 0.5) is 5.69 Å². The maximum atomic E-state index is 12.6. The zero-order chi connectivity index (χ0) is 18.5. The summed E-state index contributed by atoms with van der Waals surface area (Å²) in [5.41, 5.74) is 1.74. The molecule has 1 saturated carbocycles. The van der Waals surface area contributed by atoms with Crippen molar-refractivity contribution in [3.05, 3.63) is 23.8 Å². The van der Waals surface area contributed by atoms with Gasteiger partial charge in [0.1, 0.15) is 5.75 Å². The summed E-state index contributed by atoms with van der Waals surface area (Å²) in [6.45, 7) is 3.84. The summed E-state index contributed by atoms with van der Waals surface area (Å²) in [6.07, 6.45) is 5.88. The molecule has 1 fully saturated rings. The van der Waals surface area contributed by atoms with Crippen LogP contribution in [-0.2, 0) is 4.79 Å². The third-order valence-corrected chi connectivity index (χ3v) is 5.69. The normalized spacial score (nSPS) is 16.3. The fraction of sp³-hybridized carbons (Fsp3) is 0.556. The average Bonchev–Trinajstić information content (AvgIpc) is 3.10. The van der Waals surface area contributed by atoms with E-state index < -0.39 is 0 Å². The predicted molar refractivity (Wildman–Crippen MR) is 102 cm³/mol. The molecule has 3 rings (SSSR count). The molecular formula is C18H25N5O2S. The topological polar surface area (TPSA) is 81.9 Å². The summed E-state index contributed by atoms with van der Waals surface area (Å²) in [5, 5.41) is 15.4. The van der Waals surface area contributed by atoms with Crippen molar-refractivity contribution in [3.8, 4) is 5.75 Å². The van der Waals surface area contributed by atoms with E-state index in [2.05, 4.69) is 20.8 Å². The third kappa shape index (κ3) is 4.35. The van der Waals surface area contributed by atoms with Gasteiger partial charge in [-0.2, -0.15) is 0 Å². The molecule has 7 nitrogen and oxygen atoms in total. The minimum Gasteiger partial charge on any atom is -0.495 e. The fourth-order valence-corrected chi connectivity index (χ4v) is 4.04. The van der Waals surface area contributed by atoms with Crippen molar-refractivity contribution in [2.45, 2.75) is 62.4 Å². The summed E-state index contributed by atoms with van der Waals surface area (Å²) in [6, 6.07) is 6.05. The number of benzene rings is 1. The predicted octanol–water partition coefficient (Wildman–Crippen LogP) is 3.61. The van der Waals surface area contributed by atoms with Gasteiger partial charge in [-0.05, 0) is 54.8 Å². The lowest BCUT2D eigenvalue weighted by Crippen LogP contribution is -2.24. The standard InChI is InChI=1S/C18H25N5O2S/c1-12-9-10-16(25-3)15(11-12)19-17(24)13(2)26-18-20-21-22-23(18)14-7-5-4-6-8-14/h9-11,13-14H,4-8H2,1-3H3,(H,19,24). The highest BCUT2D eigenvalue weighted by molar-refractivity contribution is 8.00. The van der Waals surface area contributed by atoms with Gasteiger partial charge in [-0.25, -0.2) is 4.68 Å². The number of aromatic nitrogens is 4. The van der Waals surface area contributed by atoms with E-state index in [-0.39, 0.29) is 11.2 Å². The van der Waals surface area contributed by atoms with Crippen molar-refractivity contribution in [1.82, 2.24) is 20.2 Å². The number of nitrogens with one attached hydrogen (secondary N) is 1. The van der Waals surface area contributed by atoms with Crippen LogP contribution in [-0.4, -0.2) is 38.5 Å². The number of amides is 1. The Morgan fingerprint density at radius 1 is 1.35 bits per heavy atom. The maximum Gasteiger partial charge on any atom is 0.237 e. The first-order valence-corrected chi connectivity index (χ1v) is 9.86. The molecule has 8 heteroatoms. The molecule has 1 aliphatic carbocycles. The van der Waals surface area contributed by atoms with Crippen LogP contribution in [0.3, 0.4) is 0 Å². The highest BCUT2D eigenvalue weighted by Crippen LogP contribution is 2.32. The SMILES string of the molecule is COc1ccc(C)cc1NC(=O)C(C)Sc1nnnn1C1CCCCC1. The molecule has 1 aromatic heterocycles. The number of tetrazole rings is 1. The number of thioether (sulfide) groups is 1. The Bertz CT molecular complexity index is 758. The van der Waals surface area contributed by atoms with Gasteiger partial charge in [0.05, 0.1) is 24.1 Å². The highest BCUT2D eigenvalue weighted by atomic mass is 32.2. The molecule has 0 spiro atoms. The van der Waals surface area contributed by atoms with Gasteiger partial charge in [-0.1, -0.05) is 37.1 Å². The number of hydrogen-bond donors (Lipinski definition) is 1. The first-order chi connectivity index (χ1) is 12.6. The lowest BCUT2D eigenvalue weighted by Gasteiger charge is -2.22. The van der Waals surface area contributed by atoms with Crippen LogP contribution in [0.25, 0.3) is 0 Å². The van der Waals surface area contributed by atoms with Crippen LogP contribution in [0.2, 0.25) is 0 Å². The molecule has 1 aliphatic rings. The van der Waals surface area contributed by atoms with Gasteiger partial charge in [-0.3, -0.25) is 4.79 Å². The van der Waals surface area contributed by atoms with E-state index in [0.717, 1.165) is 18.4 Å². The smallest absolute Gasteiger partial charge is 0.237 e. The van der Waals surface area contributed by atoms with Crippen molar-refractivity contribution < 1.29 is 9.53 Å². The molecule has 1 unspecified atom stereocenters. The minimum atomic E-state index is -0.325. The Morgan fingerprint density at radius 2 is 2.12 bits per heavy atom. The van der Waals surface area contributed by atoms with Crippen molar-refractivity contribution in [2.24, 2.45) is 0 Å². The lowest BCUT2D eigenvalue weighted by molar-refractivity contribution is -0.115. The molecular weight excluding hydrogens is 350 g/mol. The van der Waals surface area contributed by atoms with Crippen LogP contribution in [0.5, 0.6) is 5.75 Å². The summed E-state index contributed by atoms with van der Waals surface area (Å²) >= 11 is 1.39. The maximum absolute atomic E-state index is 12.6. The molecule has 0 aliphatic heterocycles. The Labute approximate surface area is 157 Å². The summed E-state index contributed by atoms with van der Waals surface area (Å²) < 4.78 is 7.22. The summed E-state index contributed by atoms with van der Waals surface area (Å²) in [7, 11) is 1.59. The largest absolute Gasteiger partial charge is 0.495 e. The number of methoxy groups -OCH3 is 1. The monoisotopic (exact) mass is 375 g/mol. The van der Waals surface area contributed by atoms with Crippen LogP contribution in [0, 0.1) is 6.92 Å². The summed E-state index contributed by atoms with van der Waals surface area (Å²) in [4.78, 5) is 12.6. The number of carbonyl (C=O) groups excluding carboxylic acids is 1. The molecule has 26 heavy (non-hydrogen) atoms. The van der Waals surface area contributed by atoms with Crippen LogP contribution < -0.4 is 10.1 Å². The molecule has 140 valence electrons. The van der Waals surface area contributed by atoms with Crippen molar-refractivity contribution in [2.75, 3.05) is 12.4 Å². The van der Waals surface area contributed by atoms with Gasteiger partial charge in [0.15, 0.2) is 0 Å². The van der Waals surface area contributed by atoms with Gasteiger partial charge in [-0.15, -0.1) is 5.10 Å². The number of carbonyl (C=O) groups is 1. The quantitative estimate of drug-likeness (QED) is 0.777. The number of anilines is 1. The van der Waals surface area contributed by atoms with E-state index in [1.54, 1.807) is 7.11 Å². The van der Waals surface area contributed by atoms with Gasteiger partial charge >= 0.3 is 0 Å². The minimum absolute atomic E-state index is 0.0999. The molecule has 2 aromatic rings. The number of aryl methyl sites for hydroxylation is 1. The highest BCUT2D eigenvalue weighted by Gasteiger charge is 2.24. The average molecular weight is 375 g/mol. The first kappa shape index (κ1) is 18.7. The third-order valence-electron chi connectivity index (χ3n) is 4.65. The van der Waals surface area contributed by atoms with Crippen LogP contribution in [0.1, 0.15) is 50.6 Å². The molecule has 1 atom stereocenters. The molecule has 0 bridgehead atoms. The van der Waals surface area contributed by atoms with Gasteiger partial charge in [0, 0.05) is 0 Å². The van der Waals surface area contributed by atoms with E-state index in [1.165, 1.54) is 31.0 Å². The van der Waals surface area contributed by atoms with Gasteiger partial charge in [0.25, 0.3) is 0 Å². The second-order valence-electron chi connectivity index (χ2n) is 6.65. The van der Waals surface area contributed by atoms with E-state index >= 15 is 0 Å². The number of rotatable bonds is 6. The van der Waals surface area contributed by atoms with Crippen molar-refractivity contribution >= 4 is 23.4 Å². The molecule has 1 heterocycles. The first-order valence-electron chi connectivity index (χ1n) is 8.98. The van der Waals surface area contributed by atoms with E-state index in [4.69, 9.17) is 4.74 Å². The Morgan fingerprint density at radius 3 is 2.85 bits per heavy atom.